The van der Waals surface area contributed by atoms with Gasteiger partial charge in [-0.2, -0.15) is 0 Å². The molecule has 2 aliphatic rings. The predicted molar refractivity (Wildman–Crippen MR) is 118 cm³/mol. The summed E-state index contributed by atoms with van der Waals surface area (Å²) in [7, 11) is 3.09. The summed E-state index contributed by atoms with van der Waals surface area (Å²) in [6.07, 6.45) is 1.18. The number of hydrogen-bond donors (Lipinski definition) is 2. The number of halogens is 1. The summed E-state index contributed by atoms with van der Waals surface area (Å²) in [5.74, 6) is 0.375. The number of methoxy groups -OCH3 is 2. The number of nitrogens with one attached hydrogen (secondary N) is 2. The van der Waals surface area contributed by atoms with Crippen LogP contribution in [0.15, 0.2) is 47.5 Å². The number of likely N-dealkylation sites (tertiary alicyclic amines) is 1. The second-order valence-corrected chi connectivity index (χ2v) is 7.85. The molecule has 1 fully saturated rings. The second kappa shape index (κ2) is 8.96. The van der Waals surface area contributed by atoms with E-state index in [-0.39, 0.29) is 24.2 Å². The normalized spacial score (nSPS) is 17.6. The third-order valence-corrected chi connectivity index (χ3v) is 5.72. The Balaban J connectivity index is 1.34. The zero-order chi connectivity index (χ0) is 22.7. The maximum absolute atomic E-state index is 13.2. The highest BCUT2D eigenvalue weighted by atomic mass is 19.1. The van der Waals surface area contributed by atoms with E-state index in [4.69, 9.17) is 9.47 Å². The highest BCUT2D eigenvalue weighted by Gasteiger charge is 2.42. The van der Waals surface area contributed by atoms with Gasteiger partial charge in [-0.3, -0.25) is 19.5 Å². The fourth-order valence-electron chi connectivity index (χ4n) is 4.00. The van der Waals surface area contributed by atoms with E-state index in [0.717, 1.165) is 0 Å². The van der Waals surface area contributed by atoms with Crippen molar-refractivity contribution in [3.8, 4) is 11.5 Å². The number of carbonyl (C=O) groups excluding carboxylic acids is 2. The molecule has 2 N–H and O–H groups in total. The van der Waals surface area contributed by atoms with E-state index < -0.39 is 5.66 Å². The predicted octanol–water partition coefficient (Wildman–Crippen LogP) is 2.19. The molecular weight excluding hydrogens is 415 g/mol. The minimum atomic E-state index is -0.670. The number of nitrogens with zero attached hydrogens (tertiary/aromatic N) is 2. The summed E-state index contributed by atoms with van der Waals surface area (Å²) in [4.78, 5) is 31.7. The quantitative estimate of drug-likeness (QED) is 0.719. The van der Waals surface area contributed by atoms with Gasteiger partial charge in [0.1, 0.15) is 17.2 Å². The standard InChI is InChI=1S/C23H25FN4O4/c1-31-18-8-7-17(13-19(18)32-2)25-20(29)14-28-11-9-23(10-12-28)26-21(22(30)27-23)15-3-5-16(24)6-4-15/h3-8,13H,9-12,14H2,1-2H3,(H,25,29)(H,27,30). The molecule has 2 aromatic carbocycles. The molecule has 2 aromatic rings. The van der Waals surface area contributed by atoms with Crippen molar-refractivity contribution in [2.24, 2.45) is 4.99 Å². The lowest BCUT2D eigenvalue weighted by atomic mass is 9.98. The minimum absolute atomic E-state index is 0.140. The molecule has 4 rings (SSSR count). The van der Waals surface area contributed by atoms with Crippen LogP contribution in [-0.4, -0.2) is 61.9 Å². The van der Waals surface area contributed by atoms with Gasteiger partial charge in [0.25, 0.3) is 5.91 Å². The molecule has 0 bridgehead atoms. The van der Waals surface area contributed by atoms with Gasteiger partial charge in [0.2, 0.25) is 5.91 Å². The number of hydrogen-bond acceptors (Lipinski definition) is 6. The van der Waals surface area contributed by atoms with E-state index in [2.05, 4.69) is 15.6 Å². The number of aliphatic imine (C=N–C) groups is 1. The lowest BCUT2D eigenvalue weighted by Crippen LogP contribution is -2.52. The van der Waals surface area contributed by atoms with Gasteiger partial charge < -0.3 is 20.1 Å². The van der Waals surface area contributed by atoms with Crippen molar-refractivity contribution in [1.29, 1.82) is 0 Å². The SMILES string of the molecule is COc1ccc(NC(=O)CN2CCC3(CC2)N=C(c2ccc(F)cc2)C(=O)N3)cc1OC. The number of rotatable bonds is 6. The van der Waals surface area contributed by atoms with Crippen molar-refractivity contribution >= 4 is 23.2 Å². The van der Waals surface area contributed by atoms with Crippen molar-refractivity contribution in [2.45, 2.75) is 18.5 Å². The van der Waals surface area contributed by atoms with Crippen molar-refractivity contribution in [3.05, 3.63) is 53.8 Å². The zero-order valence-corrected chi connectivity index (χ0v) is 18.0. The highest BCUT2D eigenvalue weighted by Crippen LogP contribution is 2.30. The molecule has 0 radical (unpaired) electrons. The molecule has 1 spiro atoms. The van der Waals surface area contributed by atoms with E-state index >= 15 is 0 Å². The van der Waals surface area contributed by atoms with E-state index in [1.807, 2.05) is 4.90 Å². The molecule has 0 aromatic heterocycles. The van der Waals surface area contributed by atoms with Crippen LogP contribution in [-0.2, 0) is 9.59 Å². The van der Waals surface area contributed by atoms with Crippen LogP contribution in [0.2, 0.25) is 0 Å². The van der Waals surface area contributed by atoms with E-state index in [1.165, 1.54) is 12.1 Å². The molecule has 2 aliphatic heterocycles. The first kappa shape index (κ1) is 21.8. The van der Waals surface area contributed by atoms with Crippen LogP contribution in [0.3, 0.4) is 0 Å². The molecule has 1 saturated heterocycles. The number of amides is 2. The topological polar surface area (TPSA) is 92.3 Å². The first-order chi connectivity index (χ1) is 15.4. The van der Waals surface area contributed by atoms with Crippen LogP contribution in [0.4, 0.5) is 10.1 Å². The smallest absolute Gasteiger partial charge is 0.272 e. The van der Waals surface area contributed by atoms with Gasteiger partial charge in [-0.1, -0.05) is 0 Å². The summed E-state index contributed by atoms with van der Waals surface area (Å²) in [6.45, 7) is 1.45. The van der Waals surface area contributed by atoms with Gasteiger partial charge in [0.05, 0.1) is 20.8 Å². The van der Waals surface area contributed by atoms with Gasteiger partial charge in [-0.05, 0) is 36.4 Å². The largest absolute Gasteiger partial charge is 0.493 e. The van der Waals surface area contributed by atoms with Crippen LogP contribution < -0.4 is 20.1 Å². The lowest BCUT2D eigenvalue weighted by Gasteiger charge is -2.36. The molecule has 9 heteroatoms. The summed E-state index contributed by atoms with van der Waals surface area (Å²) >= 11 is 0. The maximum atomic E-state index is 13.2. The third-order valence-electron chi connectivity index (χ3n) is 5.72. The number of piperidine rings is 1. The summed E-state index contributed by atoms with van der Waals surface area (Å²) in [6, 6.07) is 10.9. The van der Waals surface area contributed by atoms with Gasteiger partial charge in [-0.15, -0.1) is 0 Å². The van der Waals surface area contributed by atoms with Gasteiger partial charge in [0, 0.05) is 43.2 Å². The first-order valence-electron chi connectivity index (χ1n) is 10.3. The summed E-state index contributed by atoms with van der Waals surface area (Å²) < 4.78 is 23.7. The molecule has 0 aliphatic carbocycles. The Morgan fingerprint density at radius 3 is 2.47 bits per heavy atom. The van der Waals surface area contributed by atoms with Crippen LogP contribution in [0.25, 0.3) is 0 Å². The number of benzene rings is 2. The minimum Gasteiger partial charge on any atom is -0.493 e. The van der Waals surface area contributed by atoms with E-state index in [9.17, 15) is 14.0 Å². The summed E-state index contributed by atoms with van der Waals surface area (Å²) in [5.41, 5.74) is 0.872. The van der Waals surface area contributed by atoms with E-state index in [1.54, 1.807) is 44.6 Å². The Labute approximate surface area is 185 Å². The fraction of sp³-hybridized carbons (Fsp3) is 0.348. The molecule has 32 heavy (non-hydrogen) atoms. The molecule has 0 saturated carbocycles. The monoisotopic (exact) mass is 440 g/mol. The average molecular weight is 440 g/mol. The molecule has 8 nitrogen and oxygen atoms in total. The number of anilines is 1. The van der Waals surface area contributed by atoms with Crippen molar-refractivity contribution in [2.75, 3.05) is 39.2 Å². The molecule has 2 amide bonds. The van der Waals surface area contributed by atoms with E-state index in [0.29, 0.717) is 54.4 Å². The third kappa shape index (κ3) is 4.57. The molecule has 2 heterocycles. The van der Waals surface area contributed by atoms with Crippen molar-refractivity contribution in [1.82, 2.24) is 10.2 Å². The molecule has 168 valence electrons. The second-order valence-electron chi connectivity index (χ2n) is 7.85. The van der Waals surface area contributed by atoms with Crippen molar-refractivity contribution in [3.63, 3.8) is 0 Å². The highest BCUT2D eigenvalue weighted by molar-refractivity contribution is 6.46. The average Bonchev–Trinajstić information content (AvgIpc) is 3.11. The molecular formula is C23H25FN4O4. The Bertz CT molecular complexity index is 1050. The molecule has 0 atom stereocenters. The van der Waals surface area contributed by atoms with Crippen LogP contribution in [0.1, 0.15) is 18.4 Å². The van der Waals surface area contributed by atoms with Crippen LogP contribution in [0, 0.1) is 5.82 Å². The van der Waals surface area contributed by atoms with Gasteiger partial charge >= 0.3 is 0 Å². The summed E-state index contributed by atoms with van der Waals surface area (Å²) in [5, 5.41) is 5.85. The maximum Gasteiger partial charge on any atom is 0.272 e. The Morgan fingerprint density at radius 2 is 1.81 bits per heavy atom. The number of carbonyl (C=O) groups is 2. The Kier molecular flexibility index (Phi) is 6.09. The first-order valence-corrected chi connectivity index (χ1v) is 10.3. The van der Waals surface area contributed by atoms with Crippen LogP contribution >= 0.6 is 0 Å². The lowest BCUT2D eigenvalue weighted by molar-refractivity contribution is -0.119. The molecule has 0 unspecified atom stereocenters. The number of ether oxygens (including phenoxy) is 2. The van der Waals surface area contributed by atoms with Crippen LogP contribution in [0.5, 0.6) is 11.5 Å². The Hall–Kier alpha value is -3.46. The fourth-order valence-corrected chi connectivity index (χ4v) is 4.00. The van der Waals surface area contributed by atoms with Crippen molar-refractivity contribution < 1.29 is 23.5 Å². The zero-order valence-electron chi connectivity index (χ0n) is 18.0. The van der Waals surface area contributed by atoms with Gasteiger partial charge in [-0.25, -0.2) is 4.39 Å². The van der Waals surface area contributed by atoms with Gasteiger partial charge in [0.15, 0.2) is 11.5 Å². The Morgan fingerprint density at radius 1 is 1.12 bits per heavy atom.